The molecule has 2 rings (SSSR count). The first kappa shape index (κ1) is 24.5. The molecule has 1 aliphatic rings. The van der Waals surface area contributed by atoms with Gasteiger partial charge in [-0.3, -0.25) is 4.79 Å². The minimum absolute atomic E-state index is 0.0267. The number of aromatic hydroxyl groups is 2. The summed E-state index contributed by atoms with van der Waals surface area (Å²) in [5.41, 5.74) is 2.62. The summed E-state index contributed by atoms with van der Waals surface area (Å²) in [6.07, 6.45) is 8.15. The number of unbranched alkanes of at least 4 members (excludes halogenated alkanes) is 4. The van der Waals surface area contributed by atoms with Crippen LogP contribution in [-0.4, -0.2) is 32.4 Å². The summed E-state index contributed by atoms with van der Waals surface area (Å²) in [6.45, 7) is 7.97. The minimum atomic E-state index is -1.21. The van der Waals surface area contributed by atoms with Gasteiger partial charge in [0.05, 0.1) is 0 Å². The molecule has 0 bridgehead atoms. The number of aromatic carboxylic acids is 1. The number of aliphatic carboxylic acids is 1. The molecule has 2 atom stereocenters. The maximum atomic E-state index is 12.0. The van der Waals surface area contributed by atoms with Gasteiger partial charge in [-0.05, 0) is 63.5 Å². The molecular formula is C25H34O6. The molecule has 4 N–H and O–H groups in total. The Morgan fingerprint density at radius 3 is 2.35 bits per heavy atom. The monoisotopic (exact) mass is 430 g/mol. The predicted octanol–water partition coefficient (Wildman–Crippen LogP) is 5.78. The fourth-order valence-electron chi connectivity index (χ4n) is 4.52. The van der Waals surface area contributed by atoms with Crippen molar-refractivity contribution in [2.24, 2.45) is 5.92 Å². The van der Waals surface area contributed by atoms with E-state index in [0.717, 1.165) is 43.3 Å². The number of carboxylic acid groups (broad SMARTS) is 2. The lowest BCUT2D eigenvalue weighted by Gasteiger charge is -2.32. The van der Waals surface area contributed by atoms with Crippen molar-refractivity contribution in [3.05, 3.63) is 46.6 Å². The Balaban J connectivity index is 2.23. The standard InChI is InChI=1S/C25H34O6/c1-15(2)18-12-11-16(3)13-19(18)23-20(26)14-17(22(24(23)29)25(30)31)9-7-5-4-6-8-10-21(27)28/h13-14,18-19,26,29H,1,4-12H2,2-3H3,(H,27,28)(H,30,31)/t18-,19+/m0/s1. The Morgan fingerprint density at radius 1 is 1.10 bits per heavy atom. The van der Waals surface area contributed by atoms with Gasteiger partial charge in [-0.2, -0.15) is 0 Å². The van der Waals surface area contributed by atoms with Gasteiger partial charge in [0, 0.05) is 17.9 Å². The summed E-state index contributed by atoms with van der Waals surface area (Å²) in [5, 5.41) is 40.1. The lowest BCUT2D eigenvalue weighted by Crippen LogP contribution is -2.18. The normalized spacial score (nSPS) is 18.5. The molecule has 1 aliphatic carbocycles. The van der Waals surface area contributed by atoms with Crippen molar-refractivity contribution >= 4 is 11.9 Å². The Labute approximate surface area is 183 Å². The van der Waals surface area contributed by atoms with Gasteiger partial charge in [0.1, 0.15) is 17.1 Å². The molecule has 0 radical (unpaired) electrons. The van der Waals surface area contributed by atoms with Crippen molar-refractivity contribution in [3.8, 4) is 11.5 Å². The molecule has 1 aromatic carbocycles. The number of hydrogen-bond acceptors (Lipinski definition) is 4. The van der Waals surface area contributed by atoms with E-state index in [1.807, 2.05) is 19.9 Å². The van der Waals surface area contributed by atoms with Crippen LogP contribution in [0.15, 0.2) is 29.9 Å². The fourth-order valence-corrected chi connectivity index (χ4v) is 4.52. The molecular weight excluding hydrogens is 396 g/mol. The van der Waals surface area contributed by atoms with Gasteiger partial charge < -0.3 is 20.4 Å². The first-order valence-corrected chi connectivity index (χ1v) is 11.0. The average Bonchev–Trinajstić information content (AvgIpc) is 2.66. The van der Waals surface area contributed by atoms with Crippen LogP contribution in [0.4, 0.5) is 0 Å². The van der Waals surface area contributed by atoms with Crippen LogP contribution < -0.4 is 0 Å². The van der Waals surface area contributed by atoms with Crippen molar-refractivity contribution in [3.63, 3.8) is 0 Å². The van der Waals surface area contributed by atoms with Crippen LogP contribution in [-0.2, 0) is 11.2 Å². The highest BCUT2D eigenvalue weighted by molar-refractivity contribution is 5.94. The SMILES string of the molecule is C=C(C)[C@@H]1CCC(C)=C[C@H]1c1c(O)cc(CCCCCCCC(=O)O)c(C(=O)O)c1O. The highest BCUT2D eigenvalue weighted by Gasteiger charge is 2.32. The molecule has 0 saturated heterocycles. The number of benzene rings is 1. The zero-order chi connectivity index (χ0) is 23.1. The number of rotatable bonds is 11. The van der Waals surface area contributed by atoms with Crippen LogP contribution in [0, 0.1) is 5.92 Å². The first-order valence-electron chi connectivity index (χ1n) is 11.0. The molecule has 0 fully saturated rings. The lowest BCUT2D eigenvalue weighted by molar-refractivity contribution is -0.137. The van der Waals surface area contributed by atoms with Crippen molar-refractivity contribution in [2.45, 2.75) is 77.6 Å². The number of carbonyl (C=O) groups is 2. The van der Waals surface area contributed by atoms with E-state index in [-0.39, 0.29) is 40.9 Å². The van der Waals surface area contributed by atoms with Crippen LogP contribution in [0.5, 0.6) is 11.5 Å². The number of allylic oxidation sites excluding steroid dienone is 3. The number of phenols is 2. The van der Waals surface area contributed by atoms with Crippen LogP contribution in [0.1, 0.15) is 92.6 Å². The first-order chi connectivity index (χ1) is 14.6. The van der Waals surface area contributed by atoms with Gasteiger partial charge in [0.2, 0.25) is 0 Å². The molecule has 1 aromatic rings. The lowest BCUT2D eigenvalue weighted by atomic mass is 9.73. The third-order valence-electron chi connectivity index (χ3n) is 6.16. The second-order valence-corrected chi connectivity index (χ2v) is 8.69. The third-order valence-corrected chi connectivity index (χ3v) is 6.16. The summed E-state index contributed by atoms with van der Waals surface area (Å²) < 4.78 is 0. The van der Waals surface area contributed by atoms with E-state index in [1.54, 1.807) is 0 Å². The Bertz CT molecular complexity index is 867. The summed E-state index contributed by atoms with van der Waals surface area (Å²) >= 11 is 0. The molecule has 0 unspecified atom stereocenters. The van der Waals surface area contributed by atoms with E-state index in [9.17, 15) is 24.9 Å². The summed E-state index contributed by atoms with van der Waals surface area (Å²) in [5.74, 6) is -2.73. The largest absolute Gasteiger partial charge is 0.507 e. The van der Waals surface area contributed by atoms with Crippen LogP contribution in [0.2, 0.25) is 0 Å². The van der Waals surface area contributed by atoms with E-state index in [0.29, 0.717) is 24.8 Å². The van der Waals surface area contributed by atoms with Gasteiger partial charge in [-0.25, -0.2) is 4.79 Å². The second-order valence-electron chi connectivity index (χ2n) is 8.69. The van der Waals surface area contributed by atoms with Gasteiger partial charge in [0.15, 0.2) is 0 Å². The summed E-state index contributed by atoms with van der Waals surface area (Å²) in [6, 6.07) is 1.48. The highest BCUT2D eigenvalue weighted by atomic mass is 16.4. The van der Waals surface area contributed by atoms with Crippen molar-refractivity contribution in [1.82, 2.24) is 0 Å². The third kappa shape index (κ3) is 6.36. The van der Waals surface area contributed by atoms with Crippen LogP contribution >= 0.6 is 0 Å². The van der Waals surface area contributed by atoms with Gasteiger partial charge >= 0.3 is 11.9 Å². The number of phenolic OH excluding ortho intramolecular Hbond substituents is 1. The van der Waals surface area contributed by atoms with Crippen molar-refractivity contribution < 1.29 is 30.0 Å². The molecule has 0 saturated carbocycles. The Kier molecular flexibility index (Phi) is 8.72. The summed E-state index contributed by atoms with van der Waals surface area (Å²) in [7, 11) is 0. The van der Waals surface area contributed by atoms with E-state index < -0.39 is 11.9 Å². The molecule has 0 heterocycles. The van der Waals surface area contributed by atoms with Gasteiger partial charge in [-0.15, -0.1) is 0 Å². The molecule has 6 nitrogen and oxygen atoms in total. The molecule has 31 heavy (non-hydrogen) atoms. The van der Waals surface area contributed by atoms with E-state index in [2.05, 4.69) is 6.58 Å². The average molecular weight is 431 g/mol. The second kappa shape index (κ2) is 11.0. The van der Waals surface area contributed by atoms with Crippen LogP contribution in [0.25, 0.3) is 0 Å². The molecule has 0 amide bonds. The Morgan fingerprint density at radius 2 is 1.74 bits per heavy atom. The molecule has 0 aliphatic heterocycles. The molecule has 0 spiro atoms. The van der Waals surface area contributed by atoms with E-state index in [4.69, 9.17) is 5.11 Å². The quantitative estimate of drug-likeness (QED) is 0.261. The van der Waals surface area contributed by atoms with Crippen molar-refractivity contribution in [2.75, 3.05) is 0 Å². The highest BCUT2D eigenvalue weighted by Crippen LogP contribution is 2.48. The Hall–Kier alpha value is -2.76. The van der Waals surface area contributed by atoms with E-state index in [1.165, 1.54) is 6.07 Å². The zero-order valence-corrected chi connectivity index (χ0v) is 18.5. The molecule has 170 valence electrons. The maximum absolute atomic E-state index is 12.0. The smallest absolute Gasteiger partial charge is 0.339 e. The number of aryl methyl sites for hydroxylation is 1. The summed E-state index contributed by atoms with van der Waals surface area (Å²) in [4.78, 5) is 22.5. The number of carboxylic acids is 2. The van der Waals surface area contributed by atoms with Gasteiger partial charge in [0.25, 0.3) is 0 Å². The fraction of sp³-hybridized carbons (Fsp3) is 0.520. The van der Waals surface area contributed by atoms with Crippen LogP contribution in [0.3, 0.4) is 0 Å². The van der Waals surface area contributed by atoms with E-state index >= 15 is 0 Å². The zero-order valence-electron chi connectivity index (χ0n) is 18.5. The predicted molar refractivity (Wildman–Crippen MR) is 120 cm³/mol. The van der Waals surface area contributed by atoms with Crippen molar-refractivity contribution in [1.29, 1.82) is 0 Å². The maximum Gasteiger partial charge on any atom is 0.339 e. The number of hydrogen-bond donors (Lipinski definition) is 4. The molecule has 0 aromatic heterocycles. The molecule has 6 heteroatoms. The topological polar surface area (TPSA) is 115 Å². The minimum Gasteiger partial charge on any atom is -0.507 e. The van der Waals surface area contributed by atoms with Gasteiger partial charge in [-0.1, -0.05) is 43.1 Å².